The van der Waals surface area contributed by atoms with E-state index >= 15 is 0 Å². The molecule has 0 spiro atoms. The second-order valence-corrected chi connectivity index (χ2v) is 3.05. The van der Waals surface area contributed by atoms with Crippen LogP contribution in [0.3, 0.4) is 0 Å². The van der Waals surface area contributed by atoms with Crippen molar-refractivity contribution in [2.24, 2.45) is 0 Å². The highest BCUT2D eigenvalue weighted by Gasteiger charge is 1.97. The van der Waals surface area contributed by atoms with Crippen molar-refractivity contribution in [1.82, 2.24) is 15.6 Å². The van der Waals surface area contributed by atoms with Crippen LogP contribution < -0.4 is 15.4 Å². The van der Waals surface area contributed by atoms with E-state index in [2.05, 4.69) is 15.6 Å². The van der Waals surface area contributed by atoms with E-state index in [1.165, 1.54) is 0 Å². The first-order valence-corrected chi connectivity index (χ1v) is 4.61. The van der Waals surface area contributed by atoms with Gasteiger partial charge in [-0.25, -0.2) is 4.98 Å². The number of nitrogens with one attached hydrogen (secondary N) is 2. The third kappa shape index (κ3) is 3.18. The van der Waals surface area contributed by atoms with Crippen molar-refractivity contribution in [2.75, 3.05) is 14.2 Å². The molecule has 14 heavy (non-hydrogen) atoms. The van der Waals surface area contributed by atoms with Crippen LogP contribution in [0.4, 0.5) is 0 Å². The predicted octanol–water partition coefficient (Wildman–Crippen LogP) is 0.684. The molecule has 76 valence electrons. The second kappa shape index (κ2) is 5.39. The van der Waals surface area contributed by atoms with E-state index in [1.807, 2.05) is 12.1 Å². The van der Waals surface area contributed by atoms with E-state index in [0.29, 0.717) is 17.5 Å². The summed E-state index contributed by atoms with van der Waals surface area (Å²) in [4.78, 5) is 4.01. The van der Waals surface area contributed by atoms with Gasteiger partial charge >= 0.3 is 0 Å². The highest BCUT2D eigenvalue weighted by atomic mass is 32.1. The van der Waals surface area contributed by atoms with E-state index in [9.17, 15) is 0 Å². The standard InChI is InChI=1S/C9H13N3OS/c1-10-9(14)12-6-7-3-4-11-8(5-7)13-2/h3-5H,6H2,1-2H3,(H2,10,12,14). The Morgan fingerprint density at radius 1 is 1.64 bits per heavy atom. The molecule has 0 saturated carbocycles. The summed E-state index contributed by atoms with van der Waals surface area (Å²) in [6.07, 6.45) is 1.71. The van der Waals surface area contributed by atoms with Crippen LogP contribution in [0.5, 0.6) is 5.88 Å². The molecule has 0 atom stereocenters. The lowest BCUT2D eigenvalue weighted by atomic mass is 10.2. The Morgan fingerprint density at radius 2 is 2.43 bits per heavy atom. The van der Waals surface area contributed by atoms with E-state index in [4.69, 9.17) is 17.0 Å². The fourth-order valence-corrected chi connectivity index (χ4v) is 1.01. The Labute approximate surface area is 88.7 Å². The lowest BCUT2D eigenvalue weighted by molar-refractivity contribution is 0.397. The molecule has 0 unspecified atom stereocenters. The predicted molar refractivity (Wildman–Crippen MR) is 59.3 cm³/mol. The first kappa shape index (κ1) is 10.7. The van der Waals surface area contributed by atoms with Gasteiger partial charge < -0.3 is 15.4 Å². The van der Waals surface area contributed by atoms with Gasteiger partial charge in [-0.3, -0.25) is 0 Å². The average Bonchev–Trinajstić information content (AvgIpc) is 2.26. The van der Waals surface area contributed by atoms with Crippen molar-refractivity contribution in [3.63, 3.8) is 0 Å². The topological polar surface area (TPSA) is 46.2 Å². The van der Waals surface area contributed by atoms with Crippen LogP contribution >= 0.6 is 12.2 Å². The Morgan fingerprint density at radius 3 is 3.07 bits per heavy atom. The summed E-state index contributed by atoms with van der Waals surface area (Å²) in [5.41, 5.74) is 1.08. The van der Waals surface area contributed by atoms with Gasteiger partial charge in [-0.2, -0.15) is 0 Å². The molecule has 2 N–H and O–H groups in total. The van der Waals surface area contributed by atoms with Gasteiger partial charge in [0, 0.05) is 25.9 Å². The number of thiocarbonyl (C=S) groups is 1. The Kier molecular flexibility index (Phi) is 4.12. The van der Waals surface area contributed by atoms with Crippen LogP contribution in [0.25, 0.3) is 0 Å². The largest absolute Gasteiger partial charge is 0.481 e. The van der Waals surface area contributed by atoms with Crippen molar-refractivity contribution in [2.45, 2.75) is 6.54 Å². The number of aromatic nitrogens is 1. The molecule has 0 aliphatic rings. The number of methoxy groups -OCH3 is 1. The van der Waals surface area contributed by atoms with Gasteiger partial charge in [0.2, 0.25) is 5.88 Å². The zero-order valence-electron chi connectivity index (χ0n) is 8.20. The van der Waals surface area contributed by atoms with Crippen molar-refractivity contribution >= 4 is 17.3 Å². The van der Waals surface area contributed by atoms with Gasteiger partial charge in [-0.05, 0) is 23.8 Å². The molecule has 1 heterocycles. The molecule has 1 aromatic heterocycles. The van der Waals surface area contributed by atoms with E-state index in [0.717, 1.165) is 5.56 Å². The summed E-state index contributed by atoms with van der Waals surface area (Å²) in [6.45, 7) is 0.665. The van der Waals surface area contributed by atoms with Crippen LogP contribution in [0.2, 0.25) is 0 Å². The maximum absolute atomic E-state index is 5.00. The first-order chi connectivity index (χ1) is 6.76. The number of hydrogen-bond acceptors (Lipinski definition) is 3. The van der Waals surface area contributed by atoms with Crippen LogP contribution in [0.15, 0.2) is 18.3 Å². The van der Waals surface area contributed by atoms with Crippen molar-refractivity contribution in [3.05, 3.63) is 23.9 Å². The first-order valence-electron chi connectivity index (χ1n) is 4.20. The Balaban J connectivity index is 2.54. The molecule has 0 aromatic carbocycles. The third-order valence-corrected chi connectivity index (χ3v) is 2.04. The minimum atomic E-state index is 0.611. The molecule has 0 bridgehead atoms. The second-order valence-electron chi connectivity index (χ2n) is 2.64. The maximum atomic E-state index is 5.00. The number of hydrogen-bond donors (Lipinski definition) is 2. The fraction of sp³-hybridized carbons (Fsp3) is 0.333. The van der Waals surface area contributed by atoms with Crippen molar-refractivity contribution < 1.29 is 4.74 Å². The molecule has 0 radical (unpaired) electrons. The molecule has 0 amide bonds. The number of pyridine rings is 1. The third-order valence-electron chi connectivity index (χ3n) is 1.69. The molecule has 1 rings (SSSR count). The monoisotopic (exact) mass is 211 g/mol. The molecule has 0 aliphatic carbocycles. The van der Waals surface area contributed by atoms with E-state index < -0.39 is 0 Å². The van der Waals surface area contributed by atoms with Crippen molar-refractivity contribution in [1.29, 1.82) is 0 Å². The van der Waals surface area contributed by atoms with Gasteiger partial charge in [-0.15, -0.1) is 0 Å². The molecule has 1 aromatic rings. The fourth-order valence-electron chi connectivity index (χ4n) is 0.943. The Hall–Kier alpha value is -1.36. The lowest BCUT2D eigenvalue weighted by Crippen LogP contribution is -2.31. The molecule has 0 saturated heterocycles. The van der Waals surface area contributed by atoms with Gasteiger partial charge in [0.1, 0.15) is 0 Å². The lowest BCUT2D eigenvalue weighted by Gasteiger charge is -2.07. The molecular weight excluding hydrogens is 198 g/mol. The molecule has 5 heteroatoms. The quantitative estimate of drug-likeness (QED) is 0.720. The molecular formula is C9H13N3OS. The van der Waals surface area contributed by atoms with E-state index in [-0.39, 0.29) is 0 Å². The summed E-state index contributed by atoms with van der Waals surface area (Å²) in [7, 11) is 3.38. The normalized spacial score (nSPS) is 9.29. The Bertz CT molecular complexity index is 317. The summed E-state index contributed by atoms with van der Waals surface area (Å²) in [6, 6.07) is 3.78. The highest BCUT2D eigenvalue weighted by Crippen LogP contribution is 2.07. The summed E-state index contributed by atoms with van der Waals surface area (Å²) >= 11 is 4.95. The summed E-state index contributed by atoms with van der Waals surface area (Å²) < 4.78 is 5.00. The summed E-state index contributed by atoms with van der Waals surface area (Å²) in [5.74, 6) is 0.611. The minimum Gasteiger partial charge on any atom is -0.481 e. The molecule has 0 aliphatic heterocycles. The van der Waals surface area contributed by atoms with Crippen LogP contribution in [-0.2, 0) is 6.54 Å². The van der Waals surface area contributed by atoms with Crippen LogP contribution in [0, 0.1) is 0 Å². The maximum Gasteiger partial charge on any atom is 0.213 e. The molecule has 4 nitrogen and oxygen atoms in total. The number of nitrogens with zero attached hydrogens (tertiary/aromatic N) is 1. The van der Waals surface area contributed by atoms with Gasteiger partial charge in [-0.1, -0.05) is 0 Å². The highest BCUT2D eigenvalue weighted by molar-refractivity contribution is 7.80. The summed E-state index contributed by atoms with van der Waals surface area (Å²) in [5, 5.41) is 6.50. The van der Waals surface area contributed by atoms with Gasteiger partial charge in [0.25, 0.3) is 0 Å². The minimum absolute atomic E-state index is 0.611. The van der Waals surface area contributed by atoms with Gasteiger partial charge in [0.15, 0.2) is 5.11 Å². The SMILES string of the molecule is CNC(=S)NCc1ccnc(OC)c1. The van der Waals surface area contributed by atoms with Crippen molar-refractivity contribution in [3.8, 4) is 5.88 Å². The van der Waals surface area contributed by atoms with Crippen LogP contribution in [-0.4, -0.2) is 24.3 Å². The number of rotatable bonds is 3. The van der Waals surface area contributed by atoms with Crippen LogP contribution in [0.1, 0.15) is 5.56 Å². The zero-order valence-corrected chi connectivity index (χ0v) is 9.02. The van der Waals surface area contributed by atoms with E-state index in [1.54, 1.807) is 20.4 Å². The molecule has 0 fully saturated rings. The number of ether oxygens (including phenoxy) is 1. The van der Waals surface area contributed by atoms with Gasteiger partial charge in [0.05, 0.1) is 7.11 Å². The zero-order chi connectivity index (χ0) is 10.4. The smallest absolute Gasteiger partial charge is 0.213 e. The average molecular weight is 211 g/mol.